The van der Waals surface area contributed by atoms with Crippen molar-refractivity contribution < 1.29 is 14.4 Å². The summed E-state index contributed by atoms with van der Waals surface area (Å²) in [4.78, 5) is 42.2. The zero-order chi connectivity index (χ0) is 22.5. The molecule has 1 aromatic carbocycles. The van der Waals surface area contributed by atoms with E-state index >= 15 is 0 Å². The topological polar surface area (TPSA) is 78.5 Å². The number of nitrogens with zero attached hydrogens (tertiary/aromatic N) is 1. The second-order valence-electron chi connectivity index (χ2n) is 7.71. The summed E-state index contributed by atoms with van der Waals surface area (Å²) in [6, 6.07) is 11.8. The maximum Gasteiger partial charge on any atom is 0.265 e. The Morgan fingerprint density at radius 2 is 1.94 bits per heavy atom. The third kappa shape index (κ3) is 5.08. The van der Waals surface area contributed by atoms with Crippen LogP contribution in [0, 0.1) is 0 Å². The lowest BCUT2D eigenvalue weighted by Gasteiger charge is -2.31. The third-order valence-electron chi connectivity index (χ3n) is 5.43. The average molecular weight is 468 g/mol. The molecule has 8 heteroatoms. The summed E-state index contributed by atoms with van der Waals surface area (Å²) < 4.78 is 0. The van der Waals surface area contributed by atoms with E-state index in [0.29, 0.717) is 35.6 Å². The van der Waals surface area contributed by atoms with Crippen molar-refractivity contribution in [1.29, 1.82) is 0 Å². The number of rotatable bonds is 7. The van der Waals surface area contributed by atoms with Crippen LogP contribution in [0.1, 0.15) is 50.2 Å². The minimum atomic E-state index is -0.572. The van der Waals surface area contributed by atoms with Crippen molar-refractivity contribution in [2.45, 2.75) is 38.8 Å². The van der Waals surface area contributed by atoms with E-state index in [4.69, 9.17) is 0 Å². The van der Waals surface area contributed by atoms with Gasteiger partial charge in [-0.3, -0.25) is 14.4 Å². The van der Waals surface area contributed by atoms with E-state index in [1.165, 1.54) is 21.8 Å². The lowest BCUT2D eigenvalue weighted by molar-refractivity contribution is -0.134. The standard InChI is InChI=1S/C24H25N3O3S2/c1-2-5-19(24(30)27-11-9-20-17(15-27)10-13-32-20)26-22(28)16-6-3-7-18(14-16)25-23(29)21-8-4-12-31-21/h3-4,6-8,10,12-14,19H,2,5,9,11,15H2,1H3,(H,25,29)(H,26,28). The van der Waals surface area contributed by atoms with Crippen LogP contribution in [0.3, 0.4) is 0 Å². The number of hydrogen-bond donors (Lipinski definition) is 2. The van der Waals surface area contributed by atoms with Gasteiger partial charge in [0.1, 0.15) is 6.04 Å². The summed E-state index contributed by atoms with van der Waals surface area (Å²) >= 11 is 3.09. The summed E-state index contributed by atoms with van der Waals surface area (Å²) in [5.41, 5.74) is 2.14. The molecule has 6 nitrogen and oxygen atoms in total. The van der Waals surface area contributed by atoms with Gasteiger partial charge < -0.3 is 15.5 Å². The first kappa shape index (κ1) is 22.2. The van der Waals surface area contributed by atoms with Crippen LogP contribution in [0.4, 0.5) is 5.69 Å². The number of thiophene rings is 2. The number of nitrogens with one attached hydrogen (secondary N) is 2. The van der Waals surface area contributed by atoms with Crippen LogP contribution in [0.15, 0.2) is 53.2 Å². The zero-order valence-electron chi connectivity index (χ0n) is 17.8. The van der Waals surface area contributed by atoms with E-state index in [1.807, 2.05) is 23.3 Å². The highest BCUT2D eigenvalue weighted by molar-refractivity contribution is 7.12. The van der Waals surface area contributed by atoms with Gasteiger partial charge in [-0.25, -0.2) is 0 Å². The molecule has 0 fully saturated rings. The number of hydrogen-bond acceptors (Lipinski definition) is 5. The van der Waals surface area contributed by atoms with Crippen molar-refractivity contribution in [3.05, 3.63) is 74.1 Å². The van der Waals surface area contributed by atoms with Crippen LogP contribution >= 0.6 is 22.7 Å². The highest BCUT2D eigenvalue weighted by atomic mass is 32.1. The van der Waals surface area contributed by atoms with E-state index in [1.54, 1.807) is 41.7 Å². The van der Waals surface area contributed by atoms with Gasteiger partial charge in [0.05, 0.1) is 4.88 Å². The molecule has 3 amide bonds. The summed E-state index contributed by atoms with van der Waals surface area (Å²) in [5.74, 6) is -0.578. The largest absolute Gasteiger partial charge is 0.340 e. The van der Waals surface area contributed by atoms with E-state index in [2.05, 4.69) is 22.1 Å². The molecule has 166 valence electrons. The van der Waals surface area contributed by atoms with Gasteiger partial charge in [0.2, 0.25) is 5.91 Å². The number of fused-ring (bicyclic) bond motifs is 1. The van der Waals surface area contributed by atoms with Crippen molar-refractivity contribution in [2.24, 2.45) is 0 Å². The fraction of sp³-hybridized carbons (Fsp3) is 0.292. The Balaban J connectivity index is 1.42. The first-order chi connectivity index (χ1) is 15.5. The zero-order valence-corrected chi connectivity index (χ0v) is 19.4. The molecule has 0 saturated heterocycles. The minimum absolute atomic E-state index is 0.0424. The summed E-state index contributed by atoms with van der Waals surface area (Å²) in [6.07, 6.45) is 2.22. The molecule has 32 heavy (non-hydrogen) atoms. The first-order valence-electron chi connectivity index (χ1n) is 10.6. The van der Waals surface area contributed by atoms with Gasteiger partial charge in [0.15, 0.2) is 0 Å². The predicted molar refractivity (Wildman–Crippen MR) is 128 cm³/mol. The number of amides is 3. The van der Waals surface area contributed by atoms with E-state index in [9.17, 15) is 14.4 Å². The van der Waals surface area contributed by atoms with Gasteiger partial charge in [-0.2, -0.15) is 0 Å². The highest BCUT2D eigenvalue weighted by Crippen LogP contribution is 2.25. The molecule has 1 atom stereocenters. The molecule has 0 radical (unpaired) electrons. The molecule has 0 aliphatic carbocycles. The molecule has 0 bridgehead atoms. The summed E-state index contributed by atoms with van der Waals surface area (Å²) in [5, 5.41) is 9.64. The van der Waals surface area contributed by atoms with E-state index in [0.717, 1.165) is 12.8 Å². The molecular formula is C24H25N3O3S2. The normalized spacial score (nSPS) is 13.8. The fourth-order valence-electron chi connectivity index (χ4n) is 3.78. The van der Waals surface area contributed by atoms with Crippen LogP contribution in [-0.4, -0.2) is 35.2 Å². The second kappa shape index (κ2) is 10.1. The highest BCUT2D eigenvalue weighted by Gasteiger charge is 2.28. The number of anilines is 1. The maximum atomic E-state index is 13.2. The lowest BCUT2D eigenvalue weighted by Crippen LogP contribution is -2.49. The van der Waals surface area contributed by atoms with Gasteiger partial charge >= 0.3 is 0 Å². The lowest BCUT2D eigenvalue weighted by atomic mass is 10.1. The molecule has 1 unspecified atom stereocenters. The molecule has 4 rings (SSSR count). The van der Waals surface area contributed by atoms with Crippen molar-refractivity contribution in [1.82, 2.24) is 10.2 Å². The summed E-state index contributed by atoms with van der Waals surface area (Å²) in [7, 11) is 0. The molecule has 1 aliphatic heterocycles. The minimum Gasteiger partial charge on any atom is -0.340 e. The van der Waals surface area contributed by atoms with Gasteiger partial charge in [-0.15, -0.1) is 22.7 Å². The Morgan fingerprint density at radius 1 is 1.06 bits per heavy atom. The Bertz CT molecular complexity index is 1110. The molecular weight excluding hydrogens is 442 g/mol. The van der Waals surface area contributed by atoms with E-state index < -0.39 is 6.04 Å². The van der Waals surface area contributed by atoms with Crippen LogP contribution in [0.5, 0.6) is 0 Å². The molecule has 3 aromatic rings. The van der Waals surface area contributed by atoms with Gasteiger partial charge in [-0.1, -0.05) is 25.5 Å². The molecule has 1 aliphatic rings. The Kier molecular flexibility index (Phi) is 7.02. The maximum absolute atomic E-state index is 13.2. The predicted octanol–water partition coefficient (Wildman–Crippen LogP) is 4.55. The Hall–Kier alpha value is -2.97. The summed E-state index contributed by atoms with van der Waals surface area (Å²) in [6.45, 7) is 3.27. The van der Waals surface area contributed by atoms with Gasteiger partial charge in [0, 0.05) is 29.2 Å². The quantitative estimate of drug-likeness (QED) is 0.535. The van der Waals surface area contributed by atoms with Crippen LogP contribution in [0.25, 0.3) is 0 Å². The molecule has 2 N–H and O–H groups in total. The molecule has 2 aromatic heterocycles. The Labute approximate surface area is 195 Å². The number of carbonyl (C=O) groups is 3. The molecule has 0 saturated carbocycles. The van der Waals surface area contributed by atoms with Crippen molar-refractivity contribution in [3.63, 3.8) is 0 Å². The van der Waals surface area contributed by atoms with Gasteiger partial charge in [-0.05, 0) is 59.5 Å². The second-order valence-corrected chi connectivity index (χ2v) is 9.65. The Morgan fingerprint density at radius 3 is 2.72 bits per heavy atom. The number of benzene rings is 1. The number of carbonyl (C=O) groups excluding carboxylic acids is 3. The average Bonchev–Trinajstić information content (AvgIpc) is 3.50. The molecule has 3 heterocycles. The van der Waals surface area contributed by atoms with Gasteiger partial charge in [0.25, 0.3) is 11.8 Å². The van der Waals surface area contributed by atoms with Crippen molar-refractivity contribution >= 4 is 46.1 Å². The van der Waals surface area contributed by atoms with Crippen LogP contribution in [0.2, 0.25) is 0 Å². The van der Waals surface area contributed by atoms with E-state index in [-0.39, 0.29) is 17.7 Å². The third-order valence-corrected chi connectivity index (χ3v) is 7.32. The van der Waals surface area contributed by atoms with Crippen LogP contribution in [-0.2, 0) is 17.8 Å². The van der Waals surface area contributed by atoms with Crippen LogP contribution < -0.4 is 10.6 Å². The first-order valence-corrected chi connectivity index (χ1v) is 12.4. The van der Waals surface area contributed by atoms with Crippen molar-refractivity contribution in [3.8, 4) is 0 Å². The smallest absolute Gasteiger partial charge is 0.265 e. The fourth-order valence-corrected chi connectivity index (χ4v) is 5.29. The van der Waals surface area contributed by atoms with Crippen molar-refractivity contribution in [2.75, 3.05) is 11.9 Å². The molecule has 0 spiro atoms. The SMILES string of the molecule is CCCC(NC(=O)c1cccc(NC(=O)c2cccs2)c1)C(=O)N1CCc2sccc2C1. The monoisotopic (exact) mass is 467 g/mol.